The number of carbonyl (C=O) groups is 2. The van der Waals surface area contributed by atoms with Crippen molar-refractivity contribution in [2.24, 2.45) is 0 Å². The van der Waals surface area contributed by atoms with Crippen molar-refractivity contribution >= 4 is 35.3 Å². The van der Waals surface area contributed by atoms with E-state index < -0.39 is 29.9 Å². The standard InChI is InChI=1S/C32H34Cl2F3NO7/c1-2-43-29(30(39)40)19-22-5-9-27(10-6-22)44-16-14-38(31(41)45-28-11-7-24(8-12-28)32(35,36)37)13-3-4-15-42-21-23-17-25(33)20-26(34)18-23/h5-12,17-18,20,29H,2-4,13-16,19,21H2,1H3,(H,39,40). The molecule has 3 rings (SSSR count). The van der Waals surface area contributed by atoms with Gasteiger partial charge in [0.05, 0.1) is 18.7 Å². The summed E-state index contributed by atoms with van der Waals surface area (Å²) in [6, 6.07) is 15.9. The van der Waals surface area contributed by atoms with Crippen LogP contribution in [0.5, 0.6) is 11.5 Å². The molecule has 0 aliphatic heterocycles. The lowest BCUT2D eigenvalue weighted by atomic mass is 10.1. The first kappa shape index (κ1) is 36.0. The first-order chi connectivity index (χ1) is 21.4. The van der Waals surface area contributed by atoms with E-state index in [0.717, 1.165) is 35.4 Å². The fourth-order valence-corrected chi connectivity index (χ4v) is 4.76. The Hall–Kier alpha value is -3.51. The Morgan fingerprint density at radius 1 is 0.867 bits per heavy atom. The molecule has 0 heterocycles. The van der Waals surface area contributed by atoms with Crippen molar-refractivity contribution in [2.75, 3.05) is 32.9 Å². The third-order valence-electron chi connectivity index (χ3n) is 6.42. The molecule has 13 heteroatoms. The molecule has 1 atom stereocenters. The van der Waals surface area contributed by atoms with E-state index in [2.05, 4.69) is 0 Å². The van der Waals surface area contributed by atoms with Gasteiger partial charge >= 0.3 is 18.2 Å². The molecule has 1 amide bonds. The molecule has 0 saturated heterocycles. The highest BCUT2D eigenvalue weighted by Gasteiger charge is 2.30. The molecular formula is C32H34Cl2F3NO7. The second-order valence-electron chi connectivity index (χ2n) is 9.89. The van der Waals surface area contributed by atoms with E-state index in [0.29, 0.717) is 41.9 Å². The molecule has 1 unspecified atom stereocenters. The number of amides is 1. The molecule has 1 N–H and O–H groups in total. The zero-order chi connectivity index (χ0) is 32.8. The van der Waals surface area contributed by atoms with E-state index in [9.17, 15) is 27.9 Å². The number of carboxylic acids is 1. The smallest absolute Gasteiger partial charge is 0.416 e. The largest absolute Gasteiger partial charge is 0.492 e. The number of halogens is 5. The van der Waals surface area contributed by atoms with Crippen molar-refractivity contribution in [2.45, 2.75) is 45.1 Å². The van der Waals surface area contributed by atoms with Crippen molar-refractivity contribution in [3.8, 4) is 11.5 Å². The Morgan fingerprint density at radius 2 is 1.51 bits per heavy atom. The minimum absolute atomic E-state index is 0.0234. The fraction of sp³-hybridized carbons (Fsp3) is 0.375. The highest BCUT2D eigenvalue weighted by molar-refractivity contribution is 6.34. The van der Waals surface area contributed by atoms with Gasteiger partial charge in [0.25, 0.3) is 0 Å². The molecule has 0 fully saturated rings. The van der Waals surface area contributed by atoms with Gasteiger partial charge in [0.2, 0.25) is 0 Å². The fourth-order valence-electron chi connectivity index (χ4n) is 4.19. The van der Waals surface area contributed by atoms with E-state index in [4.69, 9.17) is 42.1 Å². The van der Waals surface area contributed by atoms with Gasteiger partial charge in [-0.15, -0.1) is 0 Å². The van der Waals surface area contributed by atoms with Crippen LogP contribution in [-0.4, -0.2) is 61.1 Å². The zero-order valence-electron chi connectivity index (χ0n) is 24.5. The summed E-state index contributed by atoms with van der Waals surface area (Å²) in [6.07, 6.45) is -4.83. The second kappa shape index (κ2) is 17.8. The number of aliphatic carboxylic acids is 1. The third-order valence-corrected chi connectivity index (χ3v) is 6.86. The van der Waals surface area contributed by atoms with Gasteiger partial charge in [-0.2, -0.15) is 13.2 Å². The predicted molar refractivity (Wildman–Crippen MR) is 163 cm³/mol. The highest BCUT2D eigenvalue weighted by atomic mass is 35.5. The third kappa shape index (κ3) is 12.8. The Balaban J connectivity index is 1.54. The topological polar surface area (TPSA) is 94.5 Å². The molecule has 8 nitrogen and oxygen atoms in total. The molecule has 0 bridgehead atoms. The Labute approximate surface area is 269 Å². The number of alkyl halides is 3. The van der Waals surface area contributed by atoms with E-state index in [1.54, 1.807) is 49.4 Å². The number of ether oxygens (including phenoxy) is 4. The van der Waals surface area contributed by atoms with Gasteiger partial charge in [-0.1, -0.05) is 35.3 Å². The normalized spacial score (nSPS) is 12.0. The second-order valence-corrected chi connectivity index (χ2v) is 10.8. The molecule has 3 aromatic carbocycles. The molecule has 0 spiro atoms. The maximum Gasteiger partial charge on any atom is 0.416 e. The minimum atomic E-state index is -4.51. The quantitative estimate of drug-likeness (QED) is 0.146. The van der Waals surface area contributed by atoms with Crippen LogP contribution in [0.4, 0.5) is 18.0 Å². The van der Waals surface area contributed by atoms with Crippen LogP contribution < -0.4 is 9.47 Å². The summed E-state index contributed by atoms with van der Waals surface area (Å²) in [6.45, 7) is 3.24. The molecule has 244 valence electrons. The van der Waals surface area contributed by atoms with Crippen molar-refractivity contribution in [1.29, 1.82) is 0 Å². The number of carbonyl (C=O) groups excluding carboxylic acids is 1. The number of unbranched alkanes of at least 4 members (excludes halogenated alkanes) is 1. The van der Waals surface area contributed by atoms with Gasteiger partial charge in [-0.25, -0.2) is 9.59 Å². The molecule has 0 radical (unpaired) electrons. The van der Waals surface area contributed by atoms with Crippen LogP contribution in [0.3, 0.4) is 0 Å². The SMILES string of the molecule is CCOC(Cc1ccc(OCCN(CCCCOCc2cc(Cl)cc(Cl)c2)C(=O)Oc2ccc(C(F)(F)F)cc2)cc1)C(=O)O. The summed E-state index contributed by atoms with van der Waals surface area (Å²) in [7, 11) is 0. The summed E-state index contributed by atoms with van der Waals surface area (Å²) in [5.41, 5.74) is 0.732. The van der Waals surface area contributed by atoms with Gasteiger partial charge in [0, 0.05) is 36.2 Å². The maximum atomic E-state index is 13.0. The minimum Gasteiger partial charge on any atom is -0.492 e. The first-order valence-electron chi connectivity index (χ1n) is 14.2. The molecule has 0 aliphatic carbocycles. The van der Waals surface area contributed by atoms with Crippen LogP contribution in [0.1, 0.15) is 36.5 Å². The molecule has 0 saturated carbocycles. The first-order valence-corrected chi connectivity index (χ1v) is 14.9. The lowest BCUT2D eigenvalue weighted by molar-refractivity contribution is -0.150. The average molecular weight is 673 g/mol. The lowest BCUT2D eigenvalue weighted by Gasteiger charge is -2.22. The van der Waals surface area contributed by atoms with E-state index in [1.807, 2.05) is 0 Å². The van der Waals surface area contributed by atoms with Crippen LogP contribution in [-0.2, 0) is 33.5 Å². The van der Waals surface area contributed by atoms with Crippen molar-refractivity contribution in [3.05, 3.63) is 93.5 Å². The van der Waals surface area contributed by atoms with Crippen molar-refractivity contribution in [1.82, 2.24) is 4.90 Å². The summed E-state index contributed by atoms with van der Waals surface area (Å²) < 4.78 is 60.8. The lowest BCUT2D eigenvalue weighted by Crippen LogP contribution is -2.37. The van der Waals surface area contributed by atoms with Gasteiger partial charge in [0.15, 0.2) is 6.10 Å². The number of nitrogens with zero attached hydrogens (tertiary/aromatic N) is 1. The van der Waals surface area contributed by atoms with Gasteiger partial charge in [0.1, 0.15) is 18.1 Å². The Bertz CT molecular complexity index is 1350. The molecular weight excluding hydrogens is 638 g/mol. The van der Waals surface area contributed by atoms with Crippen molar-refractivity contribution in [3.63, 3.8) is 0 Å². The number of rotatable bonds is 17. The van der Waals surface area contributed by atoms with Crippen LogP contribution in [0.15, 0.2) is 66.7 Å². The summed E-state index contributed by atoms with van der Waals surface area (Å²) in [5.74, 6) is -0.560. The van der Waals surface area contributed by atoms with E-state index in [-0.39, 0.29) is 38.5 Å². The molecule has 3 aromatic rings. The number of benzene rings is 3. The molecule has 0 aliphatic rings. The highest BCUT2D eigenvalue weighted by Crippen LogP contribution is 2.30. The Morgan fingerprint density at radius 3 is 2.11 bits per heavy atom. The van der Waals surface area contributed by atoms with Crippen LogP contribution in [0, 0.1) is 0 Å². The monoisotopic (exact) mass is 671 g/mol. The van der Waals surface area contributed by atoms with Gasteiger partial charge < -0.3 is 29.0 Å². The van der Waals surface area contributed by atoms with Gasteiger partial charge in [-0.05, 0) is 85.5 Å². The van der Waals surface area contributed by atoms with E-state index >= 15 is 0 Å². The average Bonchev–Trinajstić information content (AvgIpc) is 2.97. The summed E-state index contributed by atoms with van der Waals surface area (Å²) >= 11 is 12.0. The predicted octanol–water partition coefficient (Wildman–Crippen LogP) is 7.92. The van der Waals surface area contributed by atoms with Gasteiger partial charge in [-0.3, -0.25) is 0 Å². The number of hydrogen-bond donors (Lipinski definition) is 1. The maximum absolute atomic E-state index is 13.0. The van der Waals surface area contributed by atoms with Crippen LogP contribution >= 0.6 is 23.2 Å². The summed E-state index contributed by atoms with van der Waals surface area (Å²) in [5, 5.41) is 10.3. The van der Waals surface area contributed by atoms with Crippen LogP contribution in [0.2, 0.25) is 10.0 Å². The van der Waals surface area contributed by atoms with E-state index in [1.165, 1.54) is 4.90 Å². The molecule has 45 heavy (non-hydrogen) atoms. The van der Waals surface area contributed by atoms with Crippen LogP contribution in [0.25, 0.3) is 0 Å². The summed E-state index contributed by atoms with van der Waals surface area (Å²) in [4.78, 5) is 25.7. The number of hydrogen-bond acceptors (Lipinski definition) is 6. The number of carboxylic acid groups (broad SMARTS) is 1. The zero-order valence-corrected chi connectivity index (χ0v) is 26.0. The van der Waals surface area contributed by atoms with Crippen molar-refractivity contribution < 1.29 is 46.8 Å². The molecule has 0 aromatic heterocycles. The Kier molecular flexibility index (Phi) is 14.3.